The van der Waals surface area contributed by atoms with Crippen LogP contribution < -0.4 is 10.1 Å². The summed E-state index contributed by atoms with van der Waals surface area (Å²) in [7, 11) is -2.03. The molecule has 0 radical (unpaired) electrons. The Morgan fingerprint density at radius 3 is 2.09 bits per heavy atom. The van der Waals surface area contributed by atoms with E-state index < -0.39 is 10.0 Å². The van der Waals surface area contributed by atoms with Gasteiger partial charge in [0.1, 0.15) is 5.75 Å². The maximum atomic E-state index is 12.9. The summed E-state index contributed by atoms with van der Waals surface area (Å²) in [5.74, 6) is 0.411. The molecule has 6 nitrogen and oxygen atoms in total. The Bertz CT molecular complexity index is 1020. The third-order valence-electron chi connectivity index (χ3n) is 6.16. The average molecular weight is 459 g/mol. The number of carbonyl (C=O) groups excluding carboxylic acids is 1. The second-order valence-electron chi connectivity index (χ2n) is 9.46. The van der Waals surface area contributed by atoms with E-state index in [9.17, 15) is 13.2 Å². The maximum absolute atomic E-state index is 12.9. The van der Waals surface area contributed by atoms with Gasteiger partial charge in [0.05, 0.1) is 18.0 Å². The van der Waals surface area contributed by atoms with Crippen LogP contribution in [-0.4, -0.2) is 38.8 Å². The largest absolute Gasteiger partial charge is 0.497 e. The summed E-state index contributed by atoms with van der Waals surface area (Å²) >= 11 is 0. The minimum absolute atomic E-state index is 0.0149. The van der Waals surface area contributed by atoms with E-state index in [1.807, 2.05) is 6.92 Å². The van der Waals surface area contributed by atoms with Gasteiger partial charge in [-0.1, -0.05) is 45.0 Å². The quantitative estimate of drug-likeness (QED) is 0.701. The van der Waals surface area contributed by atoms with E-state index in [0.29, 0.717) is 31.7 Å². The fourth-order valence-corrected chi connectivity index (χ4v) is 5.41. The van der Waals surface area contributed by atoms with Crippen LogP contribution in [0.15, 0.2) is 53.4 Å². The first-order valence-corrected chi connectivity index (χ1v) is 12.5. The Hall–Kier alpha value is -2.38. The van der Waals surface area contributed by atoms with Crippen molar-refractivity contribution < 1.29 is 17.9 Å². The molecule has 2 aromatic carbocycles. The number of hydrogen-bond donors (Lipinski definition) is 1. The molecule has 3 rings (SSSR count). The normalized spacial score (nSPS) is 17.0. The molecule has 1 amide bonds. The van der Waals surface area contributed by atoms with Gasteiger partial charge < -0.3 is 10.1 Å². The first-order chi connectivity index (χ1) is 15.0. The molecule has 32 heavy (non-hydrogen) atoms. The van der Waals surface area contributed by atoms with Crippen LogP contribution in [0.4, 0.5) is 0 Å². The average Bonchev–Trinajstić information content (AvgIpc) is 2.78. The zero-order valence-electron chi connectivity index (χ0n) is 19.6. The predicted octanol–water partition coefficient (Wildman–Crippen LogP) is 4.27. The number of carbonyl (C=O) groups is 1. The Morgan fingerprint density at radius 1 is 1.03 bits per heavy atom. The van der Waals surface area contributed by atoms with Crippen LogP contribution in [-0.2, 0) is 20.2 Å². The number of rotatable bonds is 6. The number of benzene rings is 2. The molecule has 1 aliphatic heterocycles. The van der Waals surface area contributed by atoms with E-state index in [2.05, 4.69) is 50.4 Å². The number of ether oxygens (including phenoxy) is 1. The summed E-state index contributed by atoms with van der Waals surface area (Å²) in [5.41, 5.74) is 2.40. The maximum Gasteiger partial charge on any atom is 0.243 e. The fourth-order valence-electron chi connectivity index (χ4n) is 3.94. The summed E-state index contributed by atoms with van der Waals surface area (Å²) in [6, 6.07) is 14.6. The van der Waals surface area contributed by atoms with Crippen molar-refractivity contribution in [3.8, 4) is 5.75 Å². The van der Waals surface area contributed by atoms with Gasteiger partial charge >= 0.3 is 0 Å². The lowest BCUT2D eigenvalue weighted by Gasteiger charge is -2.31. The first-order valence-electron chi connectivity index (χ1n) is 11.1. The summed E-state index contributed by atoms with van der Waals surface area (Å²) in [5, 5.41) is 3.10. The van der Waals surface area contributed by atoms with Gasteiger partial charge in [0.15, 0.2) is 0 Å². The lowest BCUT2D eigenvalue weighted by atomic mass is 9.86. The van der Waals surface area contributed by atoms with Crippen LogP contribution in [0, 0.1) is 5.92 Å². The second-order valence-corrected chi connectivity index (χ2v) is 11.4. The molecule has 174 valence electrons. The Balaban J connectivity index is 1.56. The molecule has 1 heterocycles. The lowest BCUT2D eigenvalue weighted by Crippen LogP contribution is -2.43. The topological polar surface area (TPSA) is 75.7 Å². The second kappa shape index (κ2) is 9.63. The highest BCUT2D eigenvalue weighted by atomic mass is 32.2. The van der Waals surface area contributed by atoms with Crippen LogP contribution in [0.1, 0.15) is 57.7 Å². The van der Waals surface area contributed by atoms with Gasteiger partial charge in [0.2, 0.25) is 15.9 Å². The van der Waals surface area contributed by atoms with E-state index >= 15 is 0 Å². The van der Waals surface area contributed by atoms with Crippen LogP contribution in [0.5, 0.6) is 5.75 Å². The molecule has 1 saturated heterocycles. The standard InChI is InChI=1S/C25H34N2O4S/c1-18(19-6-8-21(9-7-19)25(2,3)4)26-24(28)20-14-16-27(17-15-20)32(29,30)23-12-10-22(31-5)11-13-23/h6-13,18,20H,14-17H2,1-5H3,(H,26,28)/t18-/m1/s1. The minimum atomic E-state index is -3.57. The number of piperidine rings is 1. The zero-order valence-corrected chi connectivity index (χ0v) is 20.4. The highest BCUT2D eigenvalue weighted by molar-refractivity contribution is 7.89. The van der Waals surface area contributed by atoms with E-state index in [0.717, 1.165) is 5.56 Å². The van der Waals surface area contributed by atoms with E-state index in [4.69, 9.17) is 4.74 Å². The predicted molar refractivity (Wildman–Crippen MR) is 126 cm³/mol. The van der Waals surface area contributed by atoms with Gasteiger partial charge in [0, 0.05) is 19.0 Å². The third kappa shape index (κ3) is 5.51. The van der Waals surface area contributed by atoms with Crippen molar-refractivity contribution in [3.05, 3.63) is 59.7 Å². The SMILES string of the molecule is COc1ccc(S(=O)(=O)N2CCC(C(=O)N[C@H](C)c3ccc(C(C)(C)C)cc3)CC2)cc1. The van der Waals surface area contributed by atoms with Gasteiger partial charge in [-0.15, -0.1) is 0 Å². The van der Waals surface area contributed by atoms with Crippen molar-refractivity contribution in [2.24, 2.45) is 5.92 Å². The number of sulfonamides is 1. The Labute approximate surface area is 192 Å². The molecule has 0 unspecified atom stereocenters. The monoisotopic (exact) mass is 458 g/mol. The number of hydrogen-bond acceptors (Lipinski definition) is 4. The van der Waals surface area contributed by atoms with Crippen LogP contribution >= 0.6 is 0 Å². The highest BCUT2D eigenvalue weighted by Crippen LogP contribution is 2.27. The fraction of sp³-hybridized carbons (Fsp3) is 0.480. The third-order valence-corrected chi connectivity index (χ3v) is 8.07. The molecule has 2 aromatic rings. The summed E-state index contributed by atoms with van der Waals surface area (Å²) in [4.78, 5) is 13.1. The first kappa shape index (κ1) is 24.3. The van der Waals surface area contributed by atoms with Crippen molar-refractivity contribution in [3.63, 3.8) is 0 Å². The molecule has 7 heteroatoms. The molecule has 0 bridgehead atoms. The van der Waals surface area contributed by atoms with Gasteiger partial charge in [-0.05, 0) is 60.6 Å². The van der Waals surface area contributed by atoms with Crippen molar-refractivity contribution in [1.29, 1.82) is 0 Å². The van der Waals surface area contributed by atoms with Crippen LogP contribution in [0.3, 0.4) is 0 Å². The molecule has 1 aliphatic rings. The van der Waals surface area contributed by atoms with Gasteiger partial charge in [-0.25, -0.2) is 8.42 Å². The number of nitrogens with zero attached hydrogens (tertiary/aromatic N) is 1. The molecule has 1 N–H and O–H groups in total. The van der Waals surface area contributed by atoms with Crippen molar-refractivity contribution in [2.45, 2.75) is 56.9 Å². The summed E-state index contributed by atoms with van der Waals surface area (Å²) < 4.78 is 32.4. The summed E-state index contributed by atoms with van der Waals surface area (Å²) in [6.07, 6.45) is 1.02. The minimum Gasteiger partial charge on any atom is -0.497 e. The number of nitrogens with one attached hydrogen (secondary N) is 1. The number of amides is 1. The molecule has 0 saturated carbocycles. The molecule has 0 aliphatic carbocycles. The molecular formula is C25H34N2O4S. The van der Waals surface area contributed by atoms with Crippen LogP contribution in [0.25, 0.3) is 0 Å². The lowest BCUT2D eigenvalue weighted by molar-refractivity contribution is -0.126. The van der Waals surface area contributed by atoms with Crippen molar-refractivity contribution >= 4 is 15.9 Å². The van der Waals surface area contributed by atoms with Crippen LogP contribution in [0.2, 0.25) is 0 Å². The molecular weight excluding hydrogens is 424 g/mol. The van der Waals surface area contributed by atoms with Gasteiger partial charge in [-0.3, -0.25) is 4.79 Å². The van der Waals surface area contributed by atoms with Gasteiger partial charge in [-0.2, -0.15) is 4.31 Å². The highest BCUT2D eigenvalue weighted by Gasteiger charge is 2.32. The smallest absolute Gasteiger partial charge is 0.243 e. The zero-order chi connectivity index (χ0) is 23.5. The Kier molecular flexibility index (Phi) is 7.30. The molecule has 0 aromatic heterocycles. The molecule has 1 atom stereocenters. The summed E-state index contributed by atoms with van der Waals surface area (Å²) in [6.45, 7) is 9.17. The number of methoxy groups -OCH3 is 1. The van der Waals surface area contributed by atoms with Gasteiger partial charge in [0.25, 0.3) is 0 Å². The van der Waals surface area contributed by atoms with E-state index in [-0.39, 0.29) is 28.2 Å². The van der Waals surface area contributed by atoms with E-state index in [1.54, 1.807) is 31.4 Å². The Morgan fingerprint density at radius 2 is 1.59 bits per heavy atom. The van der Waals surface area contributed by atoms with Crippen molar-refractivity contribution in [2.75, 3.05) is 20.2 Å². The van der Waals surface area contributed by atoms with Crippen molar-refractivity contribution in [1.82, 2.24) is 9.62 Å². The molecule has 1 fully saturated rings. The molecule has 0 spiro atoms. The van der Waals surface area contributed by atoms with E-state index in [1.165, 1.54) is 9.87 Å².